The Morgan fingerprint density at radius 1 is 1.09 bits per heavy atom. The Labute approximate surface area is 198 Å². The predicted molar refractivity (Wildman–Crippen MR) is 122 cm³/mol. The number of rotatable bonds is 11. The number of fused-ring (bicyclic) bond motifs is 1. The highest BCUT2D eigenvalue weighted by Crippen LogP contribution is 2.51. The van der Waals surface area contributed by atoms with E-state index in [-0.39, 0.29) is 46.6 Å². The molecule has 0 saturated carbocycles. The summed E-state index contributed by atoms with van der Waals surface area (Å²) >= 11 is 0. The van der Waals surface area contributed by atoms with Gasteiger partial charge in [0.1, 0.15) is 22.8 Å². The van der Waals surface area contributed by atoms with Crippen molar-refractivity contribution in [1.82, 2.24) is 0 Å². The molecule has 2 atom stereocenters. The molecule has 2 unspecified atom stereocenters. The molecule has 5 N–H and O–H groups in total. The van der Waals surface area contributed by atoms with Crippen molar-refractivity contribution < 1.29 is 44.5 Å². The lowest BCUT2D eigenvalue weighted by Crippen LogP contribution is -2.25. The first-order valence-corrected chi connectivity index (χ1v) is 11.5. The van der Waals surface area contributed by atoms with E-state index in [1.807, 2.05) is 13.8 Å². The summed E-state index contributed by atoms with van der Waals surface area (Å²) in [5.74, 6) is -3.96. The number of aliphatic hydroxyl groups excluding tert-OH is 1. The fourth-order valence-corrected chi connectivity index (χ4v) is 4.24. The molecular formula is C25H32O9. The van der Waals surface area contributed by atoms with Crippen LogP contribution in [0, 0.1) is 0 Å². The molecule has 3 rings (SSSR count). The van der Waals surface area contributed by atoms with E-state index < -0.39 is 29.5 Å². The molecule has 0 fully saturated rings. The summed E-state index contributed by atoms with van der Waals surface area (Å²) in [5, 5.41) is 52.3. The number of unbranched alkanes of at least 4 members (excludes halogenated alkanes) is 3. The zero-order chi connectivity index (χ0) is 25.0. The number of carbonyl (C=O) groups is 1. The van der Waals surface area contributed by atoms with Gasteiger partial charge in [-0.25, -0.2) is 4.79 Å². The molecule has 2 aromatic carbocycles. The van der Waals surface area contributed by atoms with E-state index in [9.17, 15) is 30.3 Å². The fraction of sp³-hybridized carbons (Fsp3) is 0.480. The minimum absolute atomic E-state index is 0.0309. The number of ether oxygens (including phenoxy) is 3. The largest absolute Gasteiger partial charge is 0.507 e. The number of hydrogen-bond acceptors (Lipinski definition) is 8. The Balaban J connectivity index is 2.16. The van der Waals surface area contributed by atoms with Crippen molar-refractivity contribution >= 4 is 5.97 Å². The highest BCUT2D eigenvalue weighted by atomic mass is 16.7. The summed E-state index contributed by atoms with van der Waals surface area (Å²) in [6.07, 6.45) is 2.68. The van der Waals surface area contributed by atoms with Gasteiger partial charge < -0.3 is 39.7 Å². The van der Waals surface area contributed by atoms with E-state index in [1.54, 1.807) is 6.07 Å². The Hall–Kier alpha value is -3.01. The minimum Gasteiger partial charge on any atom is -0.507 e. The normalized spacial score (nSPS) is 19.1. The number of carboxylic acids is 1. The molecule has 186 valence electrons. The molecular weight excluding hydrogens is 444 g/mol. The lowest BCUT2D eigenvalue weighted by Gasteiger charge is -2.23. The van der Waals surface area contributed by atoms with Gasteiger partial charge in [-0.3, -0.25) is 0 Å². The first-order chi connectivity index (χ1) is 16.2. The number of benzene rings is 2. The number of aliphatic hydroxyl groups is 2. The van der Waals surface area contributed by atoms with E-state index in [2.05, 4.69) is 0 Å². The minimum atomic E-state index is -1.76. The van der Waals surface area contributed by atoms with E-state index in [4.69, 9.17) is 14.2 Å². The lowest BCUT2D eigenvalue weighted by molar-refractivity contribution is -0.273. The fourth-order valence-electron chi connectivity index (χ4n) is 4.24. The van der Waals surface area contributed by atoms with Gasteiger partial charge in [0.25, 0.3) is 0 Å². The van der Waals surface area contributed by atoms with Crippen molar-refractivity contribution in [2.75, 3.05) is 7.11 Å². The van der Waals surface area contributed by atoms with Crippen LogP contribution in [0.2, 0.25) is 0 Å². The standard InChI is InChI=1S/C25H32O9/c1-4-6-8-9-15-20(23(28)29)17(26)13-18(27)22(15)33-19-12-14(32-3)11-16-21(19)24(30)34-25(16,31)10-7-5-2/h11-13,24,26-27,30-31H,4-10H2,1-3H3,(H,28,29). The van der Waals surface area contributed by atoms with Crippen molar-refractivity contribution in [1.29, 1.82) is 0 Å². The van der Waals surface area contributed by atoms with Crippen LogP contribution in [0.4, 0.5) is 0 Å². The molecule has 9 nitrogen and oxygen atoms in total. The van der Waals surface area contributed by atoms with Crippen molar-refractivity contribution in [2.24, 2.45) is 0 Å². The van der Waals surface area contributed by atoms with Gasteiger partial charge in [0.15, 0.2) is 23.6 Å². The molecule has 0 aliphatic carbocycles. The summed E-state index contributed by atoms with van der Waals surface area (Å²) in [6.45, 7) is 3.96. The second-order valence-electron chi connectivity index (χ2n) is 8.41. The van der Waals surface area contributed by atoms with E-state index >= 15 is 0 Å². The molecule has 34 heavy (non-hydrogen) atoms. The Kier molecular flexibility index (Phi) is 7.91. The number of hydrogen-bond donors (Lipinski definition) is 5. The number of phenolic OH excluding ortho intramolecular Hbond substituents is 1. The van der Waals surface area contributed by atoms with Crippen LogP contribution in [0.25, 0.3) is 0 Å². The first-order valence-electron chi connectivity index (χ1n) is 11.5. The van der Waals surface area contributed by atoms with Gasteiger partial charge in [0.05, 0.1) is 12.7 Å². The summed E-state index contributed by atoms with van der Waals surface area (Å²) in [6, 6.07) is 3.92. The van der Waals surface area contributed by atoms with Crippen LogP contribution in [-0.2, 0) is 16.9 Å². The number of phenols is 2. The van der Waals surface area contributed by atoms with Gasteiger partial charge in [-0.1, -0.05) is 33.1 Å². The molecule has 0 saturated heterocycles. The summed E-state index contributed by atoms with van der Waals surface area (Å²) < 4.78 is 16.9. The van der Waals surface area contributed by atoms with Crippen molar-refractivity contribution in [3.63, 3.8) is 0 Å². The molecule has 1 aliphatic heterocycles. The summed E-state index contributed by atoms with van der Waals surface area (Å²) in [7, 11) is 1.43. The van der Waals surface area contributed by atoms with Crippen LogP contribution in [0.3, 0.4) is 0 Å². The molecule has 9 heteroatoms. The quantitative estimate of drug-likeness (QED) is 0.292. The maximum absolute atomic E-state index is 11.9. The topological polar surface area (TPSA) is 146 Å². The van der Waals surface area contributed by atoms with Crippen molar-refractivity contribution in [3.8, 4) is 28.7 Å². The number of methoxy groups -OCH3 is 1. The second-order valence-corrected chi connectivity index (χ2v) is 8.41. The van der Waals surface area contributed by atoms with Crippen molar-refractivity contribution in [3.05, 3.63) is 40.5 Å². The second kappa shape index (κ2) is 10.5. The SMILES string of the molecule is CCCCCc1c(Oc2cc(OC)cc3c2C(O)OC3(O)CCCC)c(O)cc(O)c1C(=O)O. The van der Waals surface area contributed by atoms with Crippen molar-refractivity contribution in [2.45, 2.75) is 70.9 Å². The monoisotopic (exact) mass is 476 g/mol. The highest BCUT2D eigenvalue weighted by Gasteiger charge is 2.45. The van der Waals surface area contributed by atoms with Gasteiger partial charge in [-0.15, -0.1) is 0 Å². The molecule has 1 aliphatic rings. The molecule has 0 aromatic heterocycles. The van der Waals surface area contributed by atoms with Gasteiger partial charge in [-0.05, 0) is 25.3 Å². The molecule has 0 amide bonds. The molecule has 0 spiro atoms. The number of aromatic carboxylic acids is 1. The summed E-state index contributed by atoms with van der Waals surface area (Å²) in [4.78, 5) is 11.9. The maximum atomic E-state index is 11.9. The Bertz CT molecular complexity index is 1050. The number of aromatic hydroxyl groups is 2. The number of carboxylic acid groups (broad SMARTS) is 1. The zero-order valence-electron chi connectivity index (χ0n) is 19.6. The highest BCUT2D eigenvalue weighted by molar-refractivity contribution is 5.94. The van der Waals surface area contributed by atoms with Crippen LogP contribution < -0.4 is 9.47 Å². The van der Waals surface area contributed by atoms with Gasteiger partial charge in [0, 0.05) is 29.7 Å². The zero-order valence-corrected chi connectivity index (χ0v) is 19.6. The molecule has 1 heterocycles. The Morgan fingerprint density at radius 3 is 2.41 bits per heavy atom. The van der Waals surface area contributed by atoms with Crippen LogP contribution >= 0.6 is 0 Å². The van der Waals surface area contributed by atoms with Crippen LogP contribution in [-0.4, -0.2) is 38.6 Å². The molecule has 2 aromatic rings. The lowest BCUT2D eigenvalue weighted by atomic mass is 9.96. The predicted octanol–water partition coefficient (Wildman–Crippen LogP) is 4.69. The third-order valence-electron chi connectivity index (χ3n) is 5.99. The third kappa shape index (κ3) is 4.91. The Morgan fingerprint density at radius 2 is 1.79 bits per heavy atom. The van der Waals surface area contributed by atoms with Gasteiger partial charge in [-0.2, -0.15) is 0 Å². The average molecular weight is 477 g/mol. The van der Waals surface area contributed by atoms with Crippen LogP contribution in [0.5, 0.6) is 28.7 Å². The van der Waals surface area contributed by atoms with E-state index in [0.29, 0.717) is 18.6 Å². The van der Waals surface area contributed by atoms with Crippen LogP contribution in [0.1, 0.15) is 85.7 Å². The maximum Gasteiger partial charge on any atom is 0.339 e. The van der Waals surface area contributed by atoms with E-state index in [0.717, 1.165) is 25.3 Å². The summed E-state index contributed by atoms with van der Waals surface area (Å²) in [5.41, 5.74) is 0.194. The third-order valence-corrected chi connectivity index (χ3v) is 5.99. The first kappa shape index (κ1) is 25.6. The molecule has 0 bridgehead atoms. The van der Waals surface area contributed by atoms with E-state index in [1.165, 1.54) is 13.2 Å². The average Bonchev–Trinajstić information content (AvgIpc) is 3.04. The van der Waals surface area contributed by atoms with Gasteiger partial charge in [0.2, 0.25) is 0 Å². The molecule has 0 radical (unpaired) electrons. The van der Waals surface area contributed by atoms with Gasteiger partial charge >= 0.3 is 5.97 Å². The smallest absolute Gasteiger partial charge is 0.339 e. The van der Waals surface area contributed by atoms with Crippen LogP contribution in [0.15, 0.2) is 18.2 Å².